The molecule has 0 spiro atoms. The largest absolute Gasteiger partial charge is 0.0622 e. The first-order chi connectivity index (χ1) is 14.5. The second-order valence-electron chi connectivity index (χ2n) is 8.72. The number of rotatable bonds is 5. The van der Waals surface area contributed by atoms with Gasteiger partial charge in [-0.1, -0.05) is 105 Å². The smallest absolute Gasteiger partial charge is 0.0149 e. The fourth-order valence-electron chi connectivity index (χ4n) is 4.53. The minimum Gasteiger partial charge on any atom is -0.0622 e. The molecule has 150 valence electrons. The zero-order valence-corrected chi connectivity index (χ0v) is 18.4. The third kappa shape index (κ3) is 3.83. The second-order valence-corrected chi connectivity index (χ2v) is 8.72. The predicted molar refractivity (Wildman–Crippen MR) is 129 cm³/mol. The molecule has 0 heterocycles. The van der Waals surface area contributed by atoms with Gasteiger partial charge in [-0.3, -0.25) is 0 Å². The Kier molecular flexibility index (Phi) is 5.59. The van der Waals surface area contributed by atoms with E-state index in [0.717, 1.165) is 6.42 Å². The lowest BCUT2D eigenvalue weighted by Crippen LogP contribution is -2.21. The van der Waals surface area contributed by atoms with E-state index in [-0.39, 0.29) is 5.41 Å². The highest BCUT2D eigenvalue weighted by atomic mass is 14.3. The van der Waals surface area contributed by atoms with Crippen LogP contribution in [0.2, 0.25) is 0 Å². The van der Waals surface area contributed by atoms with Crippen molar-refractivity contribution in [3.05, 3.63) is 130 Å². The minimum absolute atomic E-state index is 0.0646. The van der Waals surface area contributed by atoms with Crippen molar-refractivity contribution in [2.45, 2.75) is 39.5 Å². The van der Waals surface area contributed by atoms with Crippen LogP contribution in [0.25, 0.3) is 11.1 Å². The van der Waals surface area contributed by atoms with Crippen LogP contribution in [0.4, 0.5) is 0 Å². The third-order valence-electron chi connectivity index (χ3n) is 6.51. The van der Waals surface area contributed by atoms with Gasteiger partial charge < -0.3 is 0 Å². The Balaban J connectivity index is 1.93. The number of benzene rings is 4. The van der Waals surface area contributed by atoms with Gasteiger partial charge in [0, 0.05) is 5.41 Å². The zero-order chi connectivity index (χ0) is 21.1. The molecule has 0 bridgehead atoms. The normalized spacial score (nSPS) is 11.5. The third-order valence-corrected chi connectivity index (χ3v) is 6.51. The molecule has 0 amide bonds. The zero-order valence-electron chi connectivity index (χ0n) is 18.4. The standard InChI is InChI=1S/C30H30/c1-22-23(2)29(30(3,4)26-18-12-7-13-19-26)21-28(25-16-10-6-11-17-25)27(22)20-24-14-8-5-9-15-24/h5-19,21H,20H2,1-4H3. The van der Waals surface area contributed by atoms with Crippen LogP contribution in [0.15, 0.2) is 97.1 Å². The van der Waals surface area contributed by atoms with Gasteiger partial charge in [0.1, 0.15) is 0 Å². The Bertz CT molecular complexity index is 1120. The molecular formula is C30H30. The summed E-state index contributed by atoms with van der Waals surface area (Å²) >= 11 is 0. The molecule has 0 unspecified atom stereocenters. The predicted octanol–water partition coefficient (Wildman–Crippen LogP) is 7.89. The van der Waals surface area contributed by atoms with Crippen LogP contribution in [0.5, 0.6) is 0 Å². The summed E-state index contributed by atoms with van der Waals surface area (Å²) in [7, 11) is 0. The van der Waals surface area contributed by atoms with E-state index >= 15 is 0 Å². The first-order valence-corrected chi connectivity index (χ1v) is 10.8. The van der Waals surface area contributed by atoms with Crippen LogP contribution < -0.4 is 0 Å². The molecule has 0 N–H and O–H groups in total. The summed E-state index contributed by atoms with van der Waals surface area (Å²) < 4.78 is 0. The molecule has 4 rings (SSSR count). The number of hydrogen-bond acceptors (Lipinski definition) is 0. The number of hydrogen-bond donors (Lipinski definition) is 0. The van der Waals surface area contributed by atoms with Crippen molar-refractivity contribution in [2.75, 3.05) is 0 Å². The van der Waals surface area contributed by atoms with Gasteiger partial charge in [-0.15, -0.1) is 0 Å². The van der Waals surface area contributed by atoms with Gasteiger partial charge in [-0.25, -0.2) is 0 Å². The van der Waals surface area contributed by atoms with Crippen LogP contribution in [-0.4, -0.2) is 0 Å². The molecule has 0 radical (unpaired) electrons. The fraction of sp³-hybridized carbons (Fsp3) is 0.200. The molecule has 30 heavy (non-hydrogen) atoms. The van der Waals surface area contributed by atoms with E-state index in [9.17, 15) is 0 Å². The summed E-state index contributed by atoms with van der Waals surface area (Å²) in [5, 5.41) is 0. The first-order valence-electron chi connectivity index (χ1n) is 10.8. The van der Waals surface area contributed by atoms with E-state index in [0.29, 0.717) is 0 Å². The molecule has 0 aliphatic carbocycles. The van der Waals surface area contributed by atoms with Gasteiger partial charge in [0.05, 0.1) is 0 Å². The fourth-order valence-corrected chi connectivity index (χ4v) is 4.53. The van der Waals surface area contributed by atoms with Gasteiger partial charge in [0.25, 0.3) is 0 Å². The lowest BCUT2D eigenvalue weighted by molar-refractivity contribution is 0.635. The highest BCUT2D eigenvalue weighted by molar-refractivity contribution is 5.72. The van der Waals surface area contributed by atoms with Crippen LogP contribution in [0, 0.1) is 13.8 Å². The topological polar surface area (TPSA) is 0 Å². The van der Waals surface area contributed by atoms with Crippen molar-refractivity contribution in [3.63, 3.8) is 0 Å². The van der Waals surface area contributed by atoms with Crippen LogP contribution in [-0.2, 0) is 11.8 Å². The van der Waals surface area contributed by atoms with E-state index in [4.69, 9.17) is 0 Å². The highest BCUT2D eigenvalue weighted by Crippen LogP contribution is 2.40. The SMILES string of the molecule is Cc1c(C(C)(C)c2ccccc2)cc(-c2ccccc2)c(Cc2ccccc2)c1C. The van der Waals surface area contributed by atoms with Crippen molar-refractivity contribution in [1.29, 1.82) is 0 Å². The van der Waals surface area contributed by atoms with E-state index < -0.39 is 0 Å². The van der Waals surface area contributed by atoms with Crippen molar-refractivity contribution in [1.82, 2.24) is 0 Å². The lowest BCUT2D eigenvalue weighted by atomic mass is 9.73. The summed E-state index contributed by atoms with van der Waals surface area (Å²) in [6.07, 6.45) is 0.948. The quantitative estimate of drug-likeness (QED) is 0.325. The molecule has 4 aromatic rings. The van der Waals surface area contributed by atoms with Gasteiger partial charge in [0.2, 0.25) is 0 Å². The summed E-state index contributed by atoms with van der Waals surface area (Å²) in [4.78, 5) is 0. The maximum absolute atomic E-state index is 2.45. The summed E-state index contributed by atoms with van der Waals surface area (Å²) in [5.41, 5.74) is 10.9. The van der Waals surface area contributed by atoms with Crippen LogP contribution >= 0.6 is 0 Å². The van der Waals surface area contributed by atoms with E-state index in [1.807, 2.05) is 0 Å². The molecule has 0 atom stereocenters. The Labute approximate surface area is 181 Å². The summed E-state index contributed by atoms with van der Waals surface area (Å²) in [6.45, 7) is 9.27. The van der Waals surface area contributed by atoms with Crippen molar-refractivity contribution < 1.29 is 0 Å². The monoisotopic (exact) mass is 390 g/mol. The lowest BCUT2D eigenvalue weighted by Gasteiger charge is -2.31. The van der Waals surface area contributed by atoms with E-state index in [1.54, 1.807) is 0 Å². The maximum Gasteiger partial charge on any atom is 0.0149 e. The van der Waals surface area contributed by atoms with E-state index in [1.165, 1.54) is 44.5 Å². The van der Waals surface area contributed by atoms with Crippen LogP contribution in [0.3, 0.4) is 0 Å². The van der Waals surface area contributed by atoms with E-state index in [2.05, 4.69) is 125 Å². The Morgan fingerprint density at radius 3 is 1.77 bits per heavy atom. The Morgan fingerprint density at radius 2 is 1.17 bits per heavy atom. The molecule has 0 aliphatic rings. The molecule has 0 nitrogen and oxygen atoms in total. The van der Waals surface area contributed by atoms with Crippen molar-refractivity contribution >= 4 is 0 Å². The molecule has 0 fully saturated rings. The highest BCUT2D eigenvalue weighted by Gasteiger charge is 2.27. The minimum atomic E-state index is -0.0646. The molecule has 0 saturated heterocycles. The molecule has 0 aromatic heterocycles. The van der Waals surface area contributed by atoms with Gasteiger partial charge in [-0.2, -0.15) is 0 Å². The van der Waals surface area contributed by atoms with Crippen molar-refractivity contribution in [2.24, 2.45) is 0 Å². The average molecular weight is 391 g/mol. The van der Waals surface area contributed by atoms with Gasteiger partial charge in [-0.05, 0) is 70.8 Å². The second kappa shape index (κ2) is 8.32. The molecular weight excluding hydrogens is 360 g/mol. The average Bonchev–Trinajstić information content (AvgIpc) is 2.79. The first kappa shape index (κ1) is 20.2. The van der Waals surface area contributed by atoms with Gasteiger partial charge >= 0.3 is 0 Å². The van der Waals surface area contributed by atoms with Crippen LogP contribution in [0.1, 0.15) is 47.2 Å². The Morgan fingerprint density at radius 1 is 0.633 bits per heavy atom. The Hall–Kier alpha value is -3.12. The molecule has 0 saturated carbocycles. The molecule has 0 heteroatoms. The summed E-state index contributed by atoms with van der Waals surface area (Å²) in [6, 6.07) is 35.0. The van der Waals surface area contributed by atoms with Gasteiger partial charge in [0.15, 0.2) is 0 Å². The summed E-state index contributed by atoms with van der Waals surface area (Å²) in [5.74, 6) is 0. The van der Waals surface area contributed by atoms with Crippen molar-refractivity contribution in [3.8, 4) is 11.1 Å². The maximum atomic E-state index is 2.45. The molecule has 0 aliphatic heterocycles. The molecule has 4 aromatic carbocycles.